The van der Waals surface area contributed by atoms with Crippen LogP contribution in [-0.2, 0) is 17.6 Å². The van der Waals surface area contributed by atoms with Crippen molar-refractivity contribution in [2.45, 2.75) is 12.8 Å². The Balaban J connectivity index is 1.45. The maximum Gasteiger partial charge on any atom is 0.325 e. The van der Waals surface area contributed by atoms with E-state index in [2.05, 4.69) is 15.3 Å². The summed E-state index contributed by atoms with van der Waals surface area (Å²) in [5, 5.41) is 12.2. The van der Waals surface area contributed by atoms with Gasteiger partial charge in [-0.1, -0.05) is 30.3 Å². The number of ether oxygens (including phenoxy) is 1. The number of carbonyl (C=O) groups excluding carboxylic acids is 1. The largest absolute Gasteiger partial charge is 0.493 e. The van der Waals surface area contributed by atoms with Gasteiger partial charge in [-0.25, -0.2) is 4.79 Å². The fraction of sp³-hybridized carbons (Fsp3) is 0.158. The Hall–Kier alpha value is -3.48. The third-order valence-corrected chi connectivity index (χ3v) is 3.76. The molecular formula is C19H19N3O4. The molecule has 1 aromatic heterocycles. The Morgan fingerprint density at radius 2 is 1.69 bits per heavy atom. The topological polar surface area (TPSA) is 107 Å². The summed E-state index contributed by atoms with van der Waals surface area (Å²) in [6.07, 6.45) is 0.571. The van der Waals surface area contributed by atoms with Crippen molar-refractivity contribution in [3.8, 4) is 17.4 Å². The van der Waals surface area contributed by atoms with E-state index in [0.717, 1.165) is 17.1 Å². The van der Waals surface area contributed by atoms with E-state index in [1.807, 2.05) is 54.6 Å². The fourth-order valence-electron chi connectivity index (χ4n) is 2.46. The maximum absolute atomic E-state index is 11.8. The molecular weight excluding hydrogens is 334 g/mol. The second-order valence-electron chi connectivity index (χ2n) is 5.74. The third-order valence-electron chi connectivity index (χ3n) is 3.76. The van der Waals surface area contributed by atoms with Crippen LogP contribution in [0.4, 0.5) is 0 Å². The van der Waals surface area contributed by atoms with Crippen molar-refractivity contribution in [2.75, 3.05) is 6.54 Å². The van der Waals surface area contributed by atoms with Gasteiger partial charge in [0.1, 0.15) is 11.5 Å². The van der Waals surface area contributed by atoms with Gasteiger partial charge in [-0.15, -0.1) is 0 Å². The van der Waals surface area contributed by atoms with Gasteiger partial charge < -0.3 is 20.1 Å². The highest BCUT2D eigenvalue weighted by Crippen LogP contribution is 2.21. The summed E-state index contributed by atoms with van der Waals surface area (Å²) >= 11 is 0. The average Bonchev–Trinajstić information content (AvgIpc) is 2.94. The number of amides is 1. The summed E-state index contributed by atoms with van der Waals surface area (Å²) in [5.41, 5.74) is 0.696. The summed E-state index contributed by atoms with van der Waals surface area (Å²) < 4.78 is 5.73. The summed E-state index contributed by atoms with van der Waals surface area (Å²) in [6, 6.07) is 17.2. The molecule has 3 aromatic rings. The van der Waals surface area contributed by atoms with Crippen molar-refractivity contribution in [1.29, 1.82) is 0 Å². The molecule has 0 unspecified atom stereocenters. The molecule has 4 N–H and O–H groups in total. The average molecular weight is 353 g/mol. The molecule has 0 aliphatic carbocycles. The predicted octanol–water partition coefficient (Wildman–Crippen LogP) is 2.10. The smallest absolute Gasteiger partial charge is 0.325 e. The number of carbonyl (C=O) groups is 1. The molecule has 0 aliphatic heterocycles. The lowest BCUT2D eigenvalue weighted by Crippen LogP contribution is -2.27. The van der Waals surface area contributed by atoms with E-state index < -0.39 is 5.69 Å². The third kappa shape index (κ3) is 4.76. The monoisotopic (exact) mass is 353 g/mol. The second-order valence-corrected chi connectivity index (χ2v) is 5.74. The van der Waals surface area contributed by atoms with E-state index in [-0.39, 0.29) is 23.9 Å². The zero-order valence-corrected chi connectivity index (χ0v) is 14.0. The molecule has 2 aromatic carbocycles. The van der Waals surface area contributed by atoms with Gasteiger partial charge in [0.05, 0.1) is 12.1 Å². The number of hydrogen-bond donors (Lipinski definition) is 4. The molecule has 0 bridgehead atoms. The number of imidazole rings is 1. The SMILES string of the molecule is O=C(Cc1[nH]c(=O)[nH]c1O)NCCc1ccc(Oc2ccccc2)cc1. The summed E-state index contributed by atoms with van der Waals surface area (Å²) in [7, 11) is 0. The van der Waals surface area contributed by atoms with Crippen LogP contribution in [0.2, 0.25) is 0 Å². The van der Waals surface area contributed by atoms with Crippen LogP contribution in [0.25, 0.3) is 0 Å². The second kappa shape index (κ2) is 8.06. The molecule has 1 amide bonds. The first kappa shape index (κ1) is 17.3. The molecule has 0 spiro atoms. The minimum absolute atomic E-state index is 0.0889. The lowest BCUT2D eigenvalue weighted by molar-refractivity contribution is -0.120. The molecule has 0 saturated heterocycles. The van der Waals surface area contributed by atoms with Crippen LogP contribution in [0.15, 0.2) is 59.4 Å². The van der Waals surface area contributed by atoms with E-state index in [9.17, 15) is 14.7 Å². The zero-order chi connectivity index (χ0) is 18.4. The molecule has 0 atom stereocenters. The van der Waals surface area contributed by atoms with E-state index >= 15 is 0 Å². The number of rotatable bonds is 7. The number of H-pyrrole nitrogens is 2. The van der Waals surface area contributed by atoms with Gasteiger partial charge in [0, 0.05) is 6.54 Å². The number of hydrogen-bond acceptors (Lipinski definition) is 4. The van der Waals surface area contributed by atoms with Gasteiger partial charge in [0.15, 0.2) is 0 Å². The predicted molar refractivity (Wildman–Crippen MR) is 96.5 cm³/mol. The number of aromatic amines is 2. The minimum Gasteiger partial charge on any atom is -0.493 e. The lowest BCUT2D eigenvalue weighted by Gasteiger charge is -2.07. The highest BCUT2D eigenvalue weighted by Gasteiger charge is 2.10. The van der Waals surface area contributed by atoms with E-state index in [4.69, 9.17) is 4.74 Å². The van der Waals surface area contributed by atoms with E-state index in [1.54, 1.807) is 0 Å². The van der Waals surface area contributed by atoms with Crippen molar-refractivity contribution in [2.24, 2.45) is 0 Å². The standard InChI is InChI=1S/C19H19N3O4/c23-17(12-16-18(24)22-19(25)21-16)20-11-10-13-6-8-15(9-7-13)26-14-4-2-1-3-5-14/h1-9,24H,10-12H2,(H,20,23)(H2,21,22,25). The zero-order valence-electron chi connectivity index (χ0n) is 14.0. The van der Waals surface area contributed by atoms with Gasteiger partial charge in [0.2, 0.25) is 11.8 Å². The molecule has 0 radical (unpaired) electrons. The number of para-hydroxylation sites is 1. The van der Waals surface area contributed by atoms with Gasteiger partial charge in [-0.05, 0) is 36.2 Å². The van der Waals surface area contributed by atoms with Crippen LogP contribution >= 0.6 is 0 Å². The molecule has 7 heteroatoms. The molecule has 26 heavy (non-hydrogen) atoms. The summed E-state index contributed by atoms with van der Waals surface area (Å²) in [5.74, 6) is 0.938. The first-order valence-corrected chi connectivity index (χ1v) is 8.19. The van der Waals surface area contributed by atoms with Crippen LogP contribution in [0, 0.1) is 0 Å². The van der Waals surface area contributed by atoms with Gasteiger partial charge in [-0.3, -0.25) is 9.78 Å². The van der Waals surface area contributed by atoms with Crippen molar-refractivity contribution in [3.63, 3.8) is 0 Å². The highest BCUT2D eigenvalue weighted by atomic mass is 16.5. The Morgan fingerprint density at radius 3 is 2.35 bits per heavy atom. The van der Waals surface area contributed by atoms with Gasteiger partial charge >= 0.3 is 5.69 Å². The Morgan fingerprint density at radius 1 is 1.00 bits per heavy atom. The van der Waals surface area contributed by atoms with Crippen LogP contribution in [0.1, 0.15) is 11.3 Å². The van der Waals surface area contributed by atoms with Crippen molar-refractivity contribution >= 4 is 5.91 Å². The quantitative estimate of drug-likeness (QED) is 0.522. The highest BCUT2D eigenvalue weighted by molar-refractivity contribution is 5.78. The van der Waals surface area contributed by atoms with Gasteiger partial charge in [-0.2, -0.15) is 0 Å². The number of benzene rings is 2. The maximum atomic E-state index is 11.8. The first-order chi connectivity index (χ1) is 12.6. The van der Waals surface area contributed by atoms with Crippen LogP contribution in [0.3, 0.4) is 0 Å². The molecule has 7 nitrogen and oxygen atoms in total. The van der Waals surface area contributed by atoms with Gasteiger partial charge in [0.25, 0.3) is 0 Å². The lowest BCUT2D eigenvalue weighted by atomic mass is 10.1. The Bertz CT molecular complexity index is 914. The molecule has 0 aliphatic rings. The Kier molecular flexibility index (Phi) is 5.38. The molecule has 0 saturated carbocycles. The van der Waals surface area contributed by atoms with Crippen molar-refractivity contribution < 1.29 is 14.6 Å². The van der Waals surface area contributed by atoms with Crippen molar-refractivity contribution in [3.05, 3.63) is 76.3 Å². The summed E-state index contributed by atoms with van der Waals surface area (Å²) in [6.45, 7) is 0.452. The number of nitrogens with one attached hydrogen (secondary N) is 3. The first-order valence-electron chi connectivity index (χ1n) is 8.19. The van der Waals surface area contributed by atoms with E-state index in [0.29, 0.717) is 13.0 Å². The molecule has 1 heterocycles. The molecule has 134 valence electrons. The number of aromatic hydroxyl groups is 1. The molecule has 0 fully saturated rings. The number of aromatic nitrogens is 2. The van der Waals surface area contributed by atoms with Crippen LogP contribution in [0.5, 0.6) is 17.4 Å². The van der Waals surface area contributed by atoms with Crippen LogP contribution in [-0.4, -0.2) is 27.5 Å². The van der Waals surface area contributed by atoms with E-state index in [1.165, 1.54) is 0 Å². The fourth-order valence-corrected chi connectivity index (χ4v) is 2.46. The minimum atomic E-state index is -0.539. The molecule has 3 rings (SSSR count). The normalized spacial score (nSPS) is 10.5. The summed E-state index contributed by atoms with van der Waals surface area (Å²) in [4.78, 5) is 27.4. The van der Waals surface area contributed by atoms with Crippen molar-refractivity contribution in [1.82, 2.24) is 15.3 Å². The van der Waals surface area contributed by atoms with Crippen LogP contribution < -0.4 is 15.7 Å². The Labute approximate surface area is 149 Å².